The largest absolute Gasteiger partial charge is 0.321 e. The molecule has 1 aromatic carbocycles. The Bertz CT molecular complexity index is 460. The van der Waals surface area contributed by atoms with Crippen molar-refractivity contribution in [3.05, 3.63) is 42.0 Å². The Morgan fingerprint density at radius 3 is 2.13 bits per heavy atom. The summed E-state index contributed by atoms with van der Waals surface area (Å²) in [5.41, 5.74) is 7.57. The number of hydrogen-bond donors (Lipinski definition) is 1. The molecule has 1 unspecified atom stereocenters. The molecule has 0 heterocycles. The predicted molar refractivity (Wildman–Crippen MR) is 61.3 cm³/mol. The molecule has 1 aromatic rings. The molecule has 15 heavy (non-hydrogen) atoms. The molecule has 0 saturated carbocycles. The summed E-state index contributed by atoms with van der Waals surface area (Å²) in [5.74, 6) is 0. The minimum Gasteiger partial charge on any atom is -0.321 e. The highest BCUT2D eigenvalue weighted by Crippen LogP contribution is 2.19. The number of hydrogen-bond acceptors (Lipinski definition) is 3. The summed E-state index contributed by atoms with van der Waals surface area (Å²) in [7, 11) is -3.13. The van der Waals surface area contributed by atoms with Gasteiger partial charge >= 0.3 is 0 Å². The lowest BCUT2D eigenvalue weighted by Gasteiger charge is -2.11. The van der Waals surface area contributed by atoms with E-state index in [1.807, 2.05) is 6.92 Å². The van der Waals surface area contributed by atoms with E-state index in [4.69, 9.17) is 5.73 Å². The van der Waals surface area contributed by atoms with Gasteiger partial charge in [0.1, 0.15) is 0 Å². The Kier molecular flexibility index (Phi) is 3.31. The summed E-state index contributed by atoms with van der Waals surface area (Å²) >= 11 is 0. The maximum atomic E-state index is 11.2. The van der Waals surface area contributed by atoms with Gasteiger partial charge in [0.15, 0.2) is 9.84 Å². The van der Waals surface area contributed by atoms with Crippen molar-refractivity contribution >= 4 is 9.84 Å². The first-order chi connectivity index (χ1) is 6.82. The summed E-state index contributed by atoms with van der Waals surface area (Å²) < 4.78 is 22.4. The lowest BCUT2D eigenvalue weighted by molar-refractivity contribution is 0.602. The molecule has 0 aromatic heterocycles. The Morgan fingerprint density at radius 1 is 1.33 bits per heavy atom. The molecule has 82 valence electrons. The second-order valence-electron chi connectivity index (χ2n) is 3.67. The zero-order chi connectivity index (χ0) is 11.6. The zero-order valence-electron chi connectivity index (χ0n) is 8.90. The van der Waals surface area contributed by atoms with Crippen LogP contribution in [0.15, 0.2) is 41.3 Å². The van der Waals surface area contributed by atoms with E-state index < -0.39 is 9.84 Å². The molecule has 0 radical (unpaired) electrons. The Hall–Kier alpha value is -1.13. The molecule has 0 aliphatic carbocycles. The van der Waals surface area contributed by atoms with E-state index in [1.54, 1.807) is 24.3 Å². The van der Waals surface area contributed by atoms with Gasteiger partial charge in [-0.2, -0.15) is 0 Å². The smallest absolute Gasteiger partial charge is 0.175 e. The zero-order valence-corrected chi connectivity index (χ0v) is 9.71. The van der Waals surface area contributed by atoms with Crippen molar-refractivity contribution in [1.82, 2.24) is 0 Å². The molecule has 0 spiro atoms. The van der Waals surface area contributed by atoms with Crippen LogP contribution in [0, 0.1) is 0 Å². The first-order valence-corrected chi connectivity index (χ1v) is 6.42. The topological polar surface area (TPSA) is 60.2 Å². The quantitative estimate of drug-likeness (QED) is 0.796. The second kappa shape index (κ2) is 4.16. The molecule has 1 rings (SSSR count). The lowest BCUT2D eigenvalue weighted by atomic mass is 10.0. The lowest BCUT2D eigenvalue weighted by Crippen LogP contribution is -2.11. The molecule has 0 bridgehead atoms. The van der Waals surface area contributed by atoms with E-state index in [0.29, 0.717) is 4.90 Å². The van der Waals surface area contributed by atoms with Crippen molar-refractivity contribution in [1.29, 1.82) is 0 Å². The summed E-state index contributed by atoms with van der Waals surface area (Å²) in [6.07, 6.45) is 1.18. The predicted octanol–water partition coefficient (Wildman–Crippen LogP) is 1.67. The van der Waals surface area contributed by atoms with Gasteiger partial charge in [0.05, 0.1) is 10.9 Å². The second-order valence-corrected chi connectivity index (χ2v) is 5.68. The van der Waals surface area contributed by atoms with Crippen LogP contribution in [0.1, 0.15) is 18.5 Å². The van der Waals surface area contributed by atoms with Gasteiger partial charge in [-0.15, -0.1) is 0 Å². The van der Waals surface area contributed by atoms with Crippen LogP contribution in [0.4, 0.5) is 0 Å². The maximum Gasteiger partial charge on any atom is 0.175 e. The molecule has 0 aliphatic rings. The third kappa shape index (κ3) is 2.91. The molecule has 3 nitrogen and oxygen atoms in total. The Labute approximate surface area is 90.5 Å². The van der Waals surface area contributed by atoms with Crippen LogP contribution >= 0.6 is 0 Å². The highest BCUT2D eigenvalue weighted by atomic mass is 32.2. The van der Waals surface area contributed by atoms with Gasteiger partial charge in [0, 0.05) is 6.26 Å². The van der Waals surface area contributed by atoms with Gasteiger partial charge in [-0.05, 0) is 24.6 Å². The summed E-state index contributed by atoms with van der Waals surface area (Å²) in [6.45, 7) is 5.60. The van der Waals surface area contributed by atoms with E-state index in [2.05, 4.69) is 6.58 Å². The molecular formula is C11H15NO2S. The van der Waals surface area contributed by atoms with Crippen LogP contribution in [-0.4, -0.2) is 14.7 Å². The number of nitrogens with two attached hydrogens (primary N) is 1. The van der Waals surface area contributed by atoms with Crippen LogP contribution < -0.4 is 5.73 Å². The van der Waals surface area contributed by atoms with Gasteiger partial charge < -0.3 is 5.73 Å². The normalized spacial score (nSPS) is 13.5. The standard InChI is InChI=1S/C11H15NO2S/c1-8(2)11(12)9-4-6-10(7-5-9)15(3,13)14/h4-7,11H,1,12H2,2-3H3. The highest BCUT2D eigenvalue weighted by molar-refractivity contribution is 7.90. The van der Waals surface area contributed by atoms with Crippen molar-refractivity contribution in [2.75, 3.05) is 6.26 Å². The van der Waals surface area contributed by atoms with Gasteiger partial charge in [-0.3, -0.25) is 0 Å². The summed E-state index contributed by atoms with van der Waals surface area (Å²) in [5, 5.41) is 0. The highest BCUT2D eigenvalue weighted by Gasteiger charge is 2.09. The van der Waals surface area contributed by atoms with Crippen LogP contribution in [0.5, 0.6) is 0 Å². The maximum absolute atomic E-state index is 11.2. The van der Waals surface area contributed by atoms with Crippen LogP contribution in [0.3, 0.4) is 0 Å². The van der Waals surface area contributed by atoms with Crippen molar-refractivity contribution in [3.8, 4) is 0 Å². The number of sulfone groups is 1. The monoisotopic (exact) mass is 225 g/mol. The van der Waals surface area contributed by atoms with E-state index in [9.17, 15) is 8.42 Å². The van der Waals surface area contributed by atoms with E-state index in [1.165, 1.54) is 6.26 Å². The van der Waals surface area contributed by atoms with Crippen LogP contribution in [0.25, 0.3) is 0 Å². The van der Waals surface area contributed by atoms with Crippen molar-refractivity contribution in [2.24, 2.45) is 5.73 Å². The molecule has 0 amide bonds. The molecule has 4 heteroatoms. The minimum absolute atomic E-state index is 0.237. The average Bonchev–Trinajstić information content (AvgIpc) is 2.15. The molecule has 2 N–H and O–H groups in total. The summed E-state index contributed by atoms with van der Waals surface area (Å²) in [6, 6.07) is 6.32. The Morgan fingerprint density at radius 2 is 1.80 bits per heavy atom. The molecule has 0 saturated heterocycles. The van der Waals surface area contributed by atoms with Gasteiger partial charge in [-0.1, -0.05) is 24.3 Å². The minimum atomic E-state index is -3.13. The first-order valence-electron chi connectivity index (χ1n) is 4.53. The van der Waals surface area contributed by atoms with E-state index >= 15 is 0 Å². The average molecular weight is 225 g/mol. The molecule has 0 aliphatic heterocycles. The van der Waals surface area contributed by atoms with Crippen molar-refractivity contribution in [2.45, 2.75) is 17.9 Å². The first kappa shape index (κ1) is 11.9. The third-order valence-electron chi connectivity index (χ3n) is 2.20. The molecule has 1 atom stereocenters. The van der Waals surface area contributed by atoms with Gasteiger partial charge in [-0.25, -0.2) is 8.42 Å². The number of rotatable bonds is 3. The SMILES string of the molecule is C=C(C)C(N)c1ccc(S(C)(=O)=O)cc1. The fraction of sp³-hybridized carbons (Fsp3) is 0.273. The Balaban J connectivity index is 3.06. The van der Waals surface area contributed by atoms with Crippen molar-refractivity contribution < 1.29 is 8.42 Å². The van der Waals surface area contributed by atoms with E-state index in [0.717, 1.165) is 11.1 Å². The van der Waals surface area contributed by atoms with Gasteiger partial charge in [0.2, 0.25) is 0 Å². The fourth-order valence-corrected chi connectivity index (χ4v) is 1.84. The van der Waals surface area contributed by atoms with E-state index in [-0.39, 0.29) is 6.04 Å². The fourth-order valence-electron chi connectivity index (χ4n) is 1.21. The summed E-state index contributed by atoms with van der Waals surface area (Å²) in [4.78, 5) is 0.306. The third-order valence-corrected chi connectivity index (χ3v) is 3.33. The number of benzene rings is 1. The molecular weight excluding hydrogens is 210 g/mol. The van der Waals surface area contributed by atoms with Crippen LogP contribution in [-0.2, 0) is 9.84 Å². The van der Waals surface area contributed by atoms with Crippen molar-refractivity contribution in [3.63, 3.8) is 0 Å². The van der Waals surface area contributed by atoms with Crippen LogP contribution in [0.2, 0.25) is 0 Å². The molecule has 0 fully saturated rings. The van der Waals surface area contributed by atoms with Gasteiger partial charge in [0.25, 0.3) is 0 Å².